The Balaban J connectivity index is 2.18. The molecule has 5 nitrogen and oxygen atoms in total. The highest BCUT2D eigenvalue weighted by atomic mass is 16.2. The lowest BCUT2D eigenvalue weighted by Gasteiger charge is -2.31. The lowest BCUT2D eigenvalue weighted by Crippen LogP contribution is -2.38. The third-order valence-electron chi connectivity index (χ3n) is 5.91. The van der Waals surface area contributed by atoms with Gasteiger partial charge in [-0.05, 0) is 62.4 Å². The Kier molecular flexibility index (Phi) is 7.84. The van der Waals surface area contributed by atoms with Gasteiger partial charge in [0, 0.05) is 13.0 Å². The number of carbonyl (C=O) groups excluding carboxylic acids is 1. The molecule has 170 valence electrons. The van der Waals surface area contributed by atoms with Gasteiger partial charge in [-0.1, -0.05) is 51.5 Å². The van der Waals surface area contributed by atoms with E-state index >= 15 is 0 Å². The van der Waals surface area contributed by atoms with Crippen LogP contribution in [-0.4, -0.2) is 26.9 Å². The molecular formula is C27H35N3O2. The summed E-state index contributed by atoms with van der Waals surface area (Å²) in [5, 5.41) is 0.580. The van der Waals surface area contributed by atoms with Crippen molar-refractivity contribution in [2.75, 3.05) is 6.54 Å². The van der Waals surface area contributed by atoms with Crippen LogP contribution in [0, 0.1) is 12.8 Å². The van der Waals surface area contributed by atoms with Crippen LogP contribution in [0.15, 0.2) is 53.3 Å². The molecule has 0 saturated heterocycles. The minimum absolute atomic E-state index is 0.104. The maximum atomic E-state index is 13.6. The molecule has 0 spiro atoms. The van der Waals surface area contributed by atoms with Crippen molar-refractivity contribution < 1.29 is 4.79 Å². The van der Waals surface area contributed by atoms with Crippen molar-refractivity contribution in [1.82, 2.24) is 14.5 Å². The van der Waals surface area contributed by atoms with Gasteiger partial charge in [-0.25, -0.2) is 4.98 Å². The molecule has 0 radical (unpaired) electrons. The number of nitrogens with zero attached hydrogens (tertiary/aromatic N) is 3. The Morgan fingerprint density at radius 2 is 1.84 bits per heavy atom. The first kappa shape index (κ1) is 23.7. The molecule has 32 heavy (non-hydrogen) atoms. The number of fused-ring (bicyclic) bond motifs is 1. The van der Waals surface area contributed by atoms with Gasteiger partial charge in [0.1, 0.15) is 5.82 Å². The largest absolute Gasteiger partial charge is 0.333 e. The topological polar surface area (TPSA) is 55.2 Å². The minimum Gasteiger partial charge on any atom is -0.333 e. The summed E-state index contributed by atoms with van der Waals surface area (Å²) in [6, 6.07) is 15.0. The second-order valence-corrected chi connectivity index (χ2v) is 9.02. The van der Waals surface area contributed by atoms with Crippen molar-refractivity contribution in [3.63, 3.8) is 0 Å². The van der Waals surface area contributed by atoms with Crippen molar-refractivity contribution in [3.05, 3.63) is 70.3 Å². The third kappa shape index (κ3) is 5.26. The number of para-hydroxylation sites is 1. The molecule has 1 heterocycles. The number of rotatable bonds is 9. The van der Waals surface area contributed by atoms with Crippen molar-refractivity contribution in [2.24, 2.45) is 5.92 Å². The Morgan fingerprint density at radius 1 is 1.09 bits per heavy atom. The van der Waals surface area contributed by atoms with Crippen LogP contribution in [0.3, 0.4) is 0 Å². The molecule has 1 amide bonds. The van der Waals surface area contributed by atoms with Gasteiger partial charge in [-0.2, -0.15) is 0 Å². The smallest absolute Gasteiger partial charge is 0.266 e. The van der Waals surface area contributed by atoms with Gasteiger partial charge in [-0.3, -0.25) is 14.2 Å². The molecule has 1 unspecified atom stereocenters. The van der Waals surface area contributed by atoms with E-state index in [0.29, 0.717) is 35.6 Å². The highest BCUT2D eigenvalue weighted by Crippen LogP contribution is 2.25. The molecule has 1 atom stereocenters. The zero-order valence-corrected chi connectivity index (χ0v) is 20.0. The summed E-state index contributed by atoms with van der Waals surface area (Å²) in [6.45, 7) is 11.1. The quantitative estimate of drug-likeness (QED) is 0.427. The third-order valence-corrected chi connectivity index (χ3v) is 5.91. The first-order valence-electron chi connectivity index (χ1n) is 11.7. The molecule has 2 aromatic carbocycles. The molecule has 0 aliphatic heterocycles. The summed E-state index contributed by atoms with van der Waals surface area (Å²) in [7, 11) is 0. The van der Waals surface area contributed by atoms with E-state index in [4.69, 9.17) is 4.98 Å². The molecule has 0 aliphatic rings. The van der Waals surface area contributed by atoms with E-state index < -0.39 is 0 Å². The second-order valence-electron chi connectivity index (χ2n) is 9.02. The van der Waals surface area contributed by atoms with Crippen LogP contribution in [-0.2, 0) is 4.79 Å². The number of hydrogen-bond acceptors (Lipinski definition) is 3. The molecule has 0 N–H and O–H groups in total. The summed E-state index contributed by atoms with van der Waals surface area (Å²) < 4.78 is 1.69. The van der Waals surface area contributed by atoms with Gasteiger partial charge in [0.25, 0.3) is 5.56 Å². The number of unbranched alkanes of at least 4 members (excludes halogenated alkanes) is 1. The number of benzene rings is 2. The summed E-state index contributed by atoms with van der Waals surface area (Å²) in [6.07, 6.45) is 3.26. The number of hydrogen-bond donors (Lipinski definition) is 0. The zero-order valence-electron chi connectivity index (χ0n) is 20.0. The van der Waals surface area contributed by atoms with Crippen LogP contribution in [0.2, 0.25) is 0 Å². The molecular weight excluding hydrogens is 398 g/mol. The van der Waals surface area contributed by atoms with Crippen LogP contribution in [0.1, 0.15) is 70.8 Å². The first-order chi connectivity index (χ1) is 15.3. The van der Waals surface area contributed by atoms with E-state index in [1.807, 2.05) is 67.3 Å². The summed E-state index contributed by atoms with van der Waals surface area (Å²) in [4.78, 5) is 33.6. The molecule has 3 aromatic rings. The van der Waals surface area contributed by atoms with Crippen molar-refractivity contribution in [2.45, 2.75) is 66.3 Å². The monoisotopic (exact) mass is 433 g/mol. The van der Waals surface area contributed by atoms with E-state index in [9.17, 15) is 9.59 Å². The lowest BCUT2D eigenvalue weighted by molar-refractivity contribution is -0.133. The van der Waals surface area contributed by atoms with E-state index in [-0.39, 0.29) is 17.5 Å². The van der Waals surface area contributed by atoms with Crippen molar-refractivity contribution in [3.8, 4) is 5.69 Å². The molecule has 1 aromatic heterocycles. The highest BCUT2D eigenvalue weighted by Gasteiger charge is 2.26. The van der Waals surface area contributed by atoms with E-state index in [0.717, 1.165) is 30.5 Å². The summed E-state index contributed by atoms with van der Waals surface area (Å²) in [5.41, 5.74) is 2.40. The maximum Gasteiger partial charge on any atom is 0.266 e. The predicted octanol–water partition coefficient (Wildman–Crippen LogP) is 5.82. The first-order valence-corrected chi connectivity index (χ1v) is 11.7. The Hall–Kier alpha value is -2.95. The lowest BCUT2D eigenvalue weighted by atomic mass is 10.1. The normalized spacial score (nSPS) is 12.3. The maximum absolute atomic E-state index is 13.6. The Bertz CT molecular complexity index is 1130. The van der Waals surface area contributed by atoms with Crippen molar-refractivity contribution >= 4 is 16.8 Å². The van der Waals surface area contributed by atoms with Crippen LogP contribution in [0.4, 0.5) is 0 Å². The van der Waals surface area contributed by atoms with Gasteiger partial charge < -0.3 is 4.90 Å². The second kappa shape index (κ2) is 10.6. The SMILES string of the molecule is CCCCC(=O)N(CCC(C)C)C(C)c1nc2ccccc2c(=O)n1-c1cccc(C)c1. The highest BCUT2D eigenvalue weighted by molar-refractivity contribution is 5.79. The molecule has 0 saturated carbocycles. The van der Waals surface area contributed by atoms with Gasteiger partial charge in [0.2, 0.25) is 5.91 Å². The number of aromatic nitrogens is 2. The van der Waals surface area contributed by atoms with Crippen LogP contribution >= 0.6 is 0 Å². The van der Waals surface area contributed by atoms with E-state index in [1.54, 1.807) is 4.57 Å². The number of aryl methyl sites for hydroxylation is 1. The fourth-order valence-electron chi connectivity index (χ4n) is 3.99. The Morgan fingerprint density at radius 3 is 2.53 bits per heavy atom. The van der Waals surface area contributed by atoms with Gasteiger partial charge in [-0.15, -0.1) is 0 Å². The average molecular weight is 434 g/mol. The fourth-order valence-corrected chi connectivity index (χ4v) is 3.99. The molecule has 3 rings (SSSR count). The summed E-state index contributed by atoms with van der Waals surface area (Å²) in [5.74, 6) is 1.21. The van der Waals surface area contributed by atoms with Crippen LogP contribution < -0.4 is 5.56 Å². The van der Waals surface area contributed by atoms with Crippen LogP contribution in [0.5, 0.6) is 0 Å². The predicted molar refractivity (Wildman–Crippen MR) is 131 cm³/mol. The fraction of sp³-hybridized carbons (Fsp3) is 0.444. The molecule has 5 heteroatoms. The molecule has 0 fully saturated rings. The molecule has 0 aliphatic carbocycles. The van der Waals surface area contributed by atoms with E-state index in [2.05, 4.69) is 20.8 Å². The Labute approximate surface area is 191 Å². The average Bonchev–Trinajstić information content (AvgIpc) is 2.77. The number of carbonyl (C=O) groups is 1. The minimum atomic E-state index is -0.323. The van der Waals surface area contributed by atoms with Gasteiger partial charge in [0.05, 0.1) is 22.6 Å². The van der Waals surface area contributed by atoms with Gasteiger partial charge >= 0.3 is 0 Å². The van der Waals surface area contributed by atoms with E-state index in [1.165, 1.54) is 0 Å². The standard InChI is InChI=1S/C27H35N3O2/c1-6-7-15-25(31)29(17-16-19(2)3)21(5)26-28-24-14-9-8-13-23(24)27(32)30(26)22-12-10-11-20(4)18-22/h8-14,18-19,21H,6-7,15-17H2,1-5H3. The van der Waals surface area contributed by atoms with Crippen molar-refractivity contribution in [1.29, 1.82) is 0 Å². The summed E-state index contributed by atoms with van der Waals surface area (Å²) >= 11 is 0. The molecule has 0 bridgehead atoms. The van der Waals surface area contributed by atoms with Gasteiger partial charge in [0.15, 0.2) is 0 Å². The number of amides is 1. The zero-order chi connectivity index (χ0) is 23.3. The van der Waals surface area contributed by atoms with Crippen LogP contribution in [0.25, 0.3) is 16.6 Å².